The Labute approximate surface area is 295 Å². The lowest BCUT2D eigenvalue weighted by Gasteiger charge is -2.26. The van der Waals surface area contributed by atoms with Gasteiger partial charge in [-0.15, -0.1) is 0 Å². The zero-order valence-corrected chi connectivity index (χ0v) is 27.7. The van der Waals surface area contributed by atoms with E-state index in [0.29, 0.717) is 0 Å². The predicted octanol–water partition coefficient (Wildman–Crippen LogP) is 14.0. The maximum Gasteiger partial charge on any atom is 0.136 e. The van der Waals surface area contributed by atoms with Crippen LogP contribution in [-0.2, 0) is 0 Å². The van der Waals surface area contributed by atoms with Crippen LogP contribution in [0.2, 0.25) is 0 Å². The lowest BCUT2D eigenvalue weighted by molar-refractivity contribution is 0.668. The van der Waals surface area contributed by atoms with Crippen LogP contribution >= 0.6 is 0 Å². The van der Waals surface area contributed by atoms with E-state index in [1.54, 1.807) is 0 Å². The molecule has 0 saturated heterocycles. The molecule has 0 amide bonds. The first-order chi connectivity index (χ1) is 25.3. The fourth-order valence-corrected chi connectivity index (χ4v) is 7.49. The zero-order valence-electron chi connectivity index (χ0n) is 27.7. The van der Waals surface area contributed by atoms with Crippen LogP contribution in [0.4, 0.5) is 17.1 Å². The smallest absolute Gasteiger partial charge is 0.136 e. The van der Waals surface area contributed by atoms with Crippen LogP contribution in [0.1, 0.15) is 0 Å². The van der Waals surface area contributed by atoms with Crippen molar-refractivity contribution >= 4 is 60.9 Å². The molecule has 0 spiro atoms. The van der Waals surface area contributed by atoms with E-state index in [1.165, 1.54) is 11.1 Å². The molecule has 10 aromatic rings. The molecule has 0 unspecified atom stereocenters. The van der Waals surface area contributed by atoms with Crippen LogP contribution in [-0.4, -0.2) is 0 Å². The van der Waals surface area contributed by atoms with Crippen LogP contribution in [0.15, 0.2) is 197 Å². The van der Waals surface area contributed by atoms with Gasteiger partial charge in [-0.3, -0.25) is 0 Å². The molecule has 0 bridgehead atoms. The Hall–Kier alpha value is -6.84. The summed E-state index contributed by atoms with van der Waals surface area (Å²) in [5.41, 5.74) is 13.8. The van der Waals surface area contributed by atoms with E-state index >= 15 is 0 Å². The molecule has 8 aromatic carbocycles. The minimum Gasteiger partial charge on any atom is -0.456 e. The van der Waals surface area contributed by atoms with E-state index in [2.05, 4.69) is 157 Å². The van der Waals surface area contributed by atoms with Gasteiger partial charge in [0, 0.05) is 38.6 Å². The highest BCUT2D eigenvalue weighted by molar-refractivity contribution is 6.13. The largest absolute Gasteiger partial charge is 0.456 e. The second kappa shape index (κ2) is 11.9. The fourth-order valence-electron chi connectivity index (χ4n) is 7.49. The van der Waals surface area contributed by atoms with Crippen LogP contribution in [0.25, 0.3) is 77.3 Å². The molecule has 2 aromatic heterocycles. The van der Waals surface area contributed by atoms with Crippen molar-refractivity contribution in [1.29, 1.82) is 0 Å². The average molecular weight is 654 g/mol. The first-order valence-corrected chi connectivity index (χ1v) is 17.3. The summed E-state index contributed by atoms with van der Waals surface area (Å²) in [5, 5.41) is 4.55. The van der Waals surface area contributed by atoms with Crippen molar-refractivity contribution in [2.75, 3.05) is 4.90 Å². The second-order valence-corrected chi connectivity index (χ2v) is 12.9. The maximum atomic E-state index is 6.20. The Morgan fingerprint density at radius 2 is 0.647 bits per heavy atom. The van der Waals surface area contributed by atoms with Gasteiger partial charge in [0.2, 0.25) is 0 Å². The summed E-state index contributed by atoms with van der Waals surface area (Å²) in [6.45, 7) is 0. The number of rotatable bonds is 6. The van der Waals surface area contributed by atoms with E-state index in [1.807, 2.05) is 36.4 Å². The zero-order chi connectivity index (χ0) is 33.7. The quantitative estimate of drug-likeness (QED) is 0.179. The fraction of sp³-hybridized carbons (Fsp3) is 0. The van der Waals surface area contributed by atoms with Gasteiger partial charge in [-0.1, -0.05) is 127 Å². The number of fused-ring (bicyclic) bond motifs is 6. The summed E-state index contributed by atoms with van der Waals surface area (Å²) in [5.74, 6) is 0. The Bertz CT molecular complexity index is 2670. The van der Waals surface area contributed by atoms with Gasteiger partial charge in [0.1, 0.15) is 22.3 Å². The van der Waals surface area contributed by atoms with E-state index in [4.69, 9.17) is 8.83 Å². The molecular formula is C48H31NO2. The molecule has 0 N–H and O–H groups in total. The van der Waals surface area contributed by atoms with Crippen molar-refractivity contribution in [2.24, 2.45) is 0 Å². The summed E-state index contributed by atoms with van der Waals surface area (Å²) < 4.78 is 12.4. The molecule has 51 heavy (non-hydrogen) atoms. The molecule has 0 aliphatic carbocycles. The highest BCUT2D eigenvalue weighted by Crippen LogP contribution is 2.42. The summed E-state index contributed by atoms with van der Waals surface area (Å²) >= 11 is 0. The van der Waals surface area contributed by atoms with Gasteiger partial charge in [-0.2, -0.15) is 0 Å². The van der Waals surface area contributed by atoms with Gasteiger partial charge in [-0.05, 0) is 94.0 Å². The maximum absolute atomic E-state index is 6.20. The number of para-hydroxylation sites is 2. The van der Waals surface area contributed by atoms with Crippen molar-refractivity contribution in [1.82, 2.24) is 0 Å². The summed E-state index contributed by atoms with van der Waals surface area (Å²) in [4.78, 5) is 2.32. The molecule has 10 rings (SSSR count). The Kier molecular flexibility index (Phi) is 6.81. The summed E-state index contributed by atoms with van der Waals surface area (Å²) in [6.07, 6.45) is 0. The van der Waals surface area contributed by atoms with Crippen molar-refractivity contribution in [3.8, 4) is 33.4 Å². The second-order valence-electron chi connectivity index (χ2n) is 12.9. The van der Waals surface area contributed by atoms with Gasteiger partial charge < -0.3 is 13.7 Å². The summed E-state index contributed by atoms with van der Waals surface area (Å²) in [6, 6.07) is 66.2. The first-order valence-electron chi connectivity index (χ1n) is 17.3. The summed E-state index contributed by atoms with van der Waals surface area (Å²) in [7, 11) is 0. The average Bonchev–Trinajstić information content (AvgIpc) is 3.78. The number of benzene rings is 8. The molecule has 3 heteroatoms. The van der Waals surface area contributed by atoms with E-state index < -0.39 is 0 Å². The SMILES string of the molecule is c1ccc(-c2ccc(N(c3ccc(-c4cccc5oc6ccccc6c45)cc3)c3ccc(-c4cccc5oc6ccccc6c45)cc3)cc2)cc1. The third-order valence-electron chi connectivity index (χ3n) is 9.91. The molecule has 3 nitrogen and oxygen atoms in total. The molecule has 0 radical (unpaired) electrons. The van der Waals surface area contributed by atoms with Crippen molar-refractivity contribution < 1.29 is 8.83 Å². The number of hydrogen-bond donors (Lipinski definition) is 0. The number of hydrogen-bond acceptors (Lipinski definition) is 3. The lowest BCUT2D eigenvalue weighted by Crippen LogP contribution is -2.09. The highest BCUT2D eigenvalue weighted by Gasteiger charge is 2.17. The van der Waals surface area contributed by atoms with Gasteiger partial charge in [0.05, 0.1) is 0 Å². The lowest BCUT2D eigenvalue weighted by atomic mass is 9.98. The molecule has 0 fully saturated rings. The molecule has 0 aliphatic heterocycles. The van der Waals surface area contributed by atoms with E-state index in [-0.39, 0.29) is 0 Å². The van der Waals surface area contributed by atoms with Crippen molar-refractivity contribution in [3.63, 3.8) is 0 Å². The minimum absolute atomic E-state index is 0.900. The number of nitrogens with zero attached hydrogens (tertiary/aromatic N) is 1. The molecule has 2 heterocycles. The normalized spacial score (nSPS) is 11.5. The Morgan fingerprint density at radius 1 is 0.275 bits per heavy atom. The van der Waals surface area contributed by atoms with Crippen molar-refractivity contribution in [3.05, 3.63) is 188 Å². The highest BCUT2D eigenvalue weighted by atomic mass is 16.3. The predicted molar refractivity (Wildman–Crippen MR) is 212 cm³/mol. The van der Waals surface area contributed by atoms with E-state index in [9.17, 15) is 0 Å². The topological polar surface area (TPSA) is 29.5 Å². The Morgan fingerprint density at radius 3 is 1.12 bits per heavy atom. The van der Waals surface area contributed by atoms with Gasteiger partial charge in [-0.25, -0.2) is 0 Å². The molecule has 0 aliphatic rings. The third kappa shape index (κ3) is 4.98. The molecular weight excluding hydrogens is 623 g/mol. The van der Waals surface area contributed by atoms with Gasteiger partial charge in [0.25, 0.3) is 0 Å². The first kappa shape index (κ1) is 29.1. The van der Waals surface area contributed by atoms with E-state index in [0.717, 1.165) is 83.2 Å². The molecule has 0 saturated carbocycles. The van der Waals surface area contributed by atoms with Crippen LogP contribution in [0.5, 0.6) is 0 Å². The number of furan rings is 2. The molecule has 240 valence electrons. The third-order valence-corrected chi connectivity index (χ3v) is 9.91. The number of anilines is 3. The van der Waals surface area contributed by atoms with Crippen molar-refractivity contribution in [2.45, 2.75) is 0 Å². The van der Waals surface area contributed by atoms with Crippen LogP contribution in [0.3, 0.4) is 0 Å². The minimum atomic E-state index is 0.900. The van der Waals surface area contributed by atoms with Gasteiger partial charge >= 0.3 is 0 Å². The molecule has 0 atom stereocenters. The monoisotopic (exact) mass is 653 g/mol. The van der Waals surface area contributed by atoms with Crippen LogP contribution in [0, 0.1) is 0 Å². The standard InChI is InChI=1S/C48H31NO2/c1-2-10-32(11-3-1)33-20-26-36(27-21-33)49(37-28-22-34(23-29-37)39-14-8-18-45-47(39)41-12-4-6-16-43(41)50-45)38-30-24-35(25-31-38)40-15-9-19-46-48(40)42-13-5-7-17-44(42)51-46/h1-31H. The van der Waals surface area contributed by atoms with Crippen LogP contribution < -0.4 is 4.90 Å². The van der Waals surface area contributed by atoms with Gasteiger partial charge in [0.15, 0.2) is 0 Å². The Balaban J connectivity index is 1.07.